The number of anilines is 2. The summed E-state index contributed by atoms with van der Waals surface area (Å²) in [5, 5.41) is 3.03. The van der Waals surface area contributed by atoms with Gasteiger partial charge in [0, 0.05) is 18.3 Å². The molecule has 8 heteroatoms. The highest BCUT2D eigenvalue weighted by Gasteiger charge is 2.27. The zero-order valence-electron chi connectivity index (χ0n) is 15.8. The van der Waals surface area contributed by atoms with E-state index in [1.54, 1.807) is 36.6 Å². The number of hydrogen-bond acceptors (Lipinski definition) is 6. The largest absolute Gasteiger partial charge is 0.465 e. The number of carbonyl (C=O) groups excluding carboxylic acids is 3. The maximum Gasteiger partial charge on any atom is 0.355 e. The van der Waals surface area contributed by atoms with Crippen LogP contribution in [0.5, 0.6) is 0 Å². The lowest BCUT2D eigenvalue weighted by atomic mass is 10.1. The number of allylic oxidation sites excluding steroid dienone is 2. The van der Waals surface area contributed by atoms with Crippen LogP contribution in [0.15, 0.2) is 53.9 Å². The van der Waals surface area contributed by atoms with Crippen LogP contribution in [0.2, 0.25) is 5.02 Å². The summed E-state index contributed by atoms with van der Waals surface area (Å²) in [6.07, 6.45) is 7.43. The fourth-order valence-corrected chi connectivity index (χ4v) is 2.78. The normalized spacial score (nSPS) is 13.2. The summed E-state index contributed by atoms with van der Waals surface area (Å²) in [5.74, 6) is -1.54. The van der Waals surface area contributed by atoms with Gasteiger partial charge in [-0.3, -0.25) is 4.79 Å². The maximum atomic E-state index is 12.4. The van der Waals surface area contributed by atoms with Crippen LogP contribution in [0.4, 0.5) is 11.4 Å². The number of amides is 1. The van der Waals surface area contributed by atoms with Crippen molar-refractivity contribution in [3.05, 3.63) is 58.9 Å². The Hall–Kier alpha value is -3.06. The van der Waals surface area contributed by atoms with Gasteiger partial charge in [-0.05, 0) is 36.8 Å². The molecule has 0 saturated carbocycles. The zero-order chi connectivity index (χ0) is 20.7. The monoisotopic (exact) mass is 404 g/mol. The second-order valence-electron chi connectivity index (χ2n) is 5.78. The number of rotatable bonds is 6. The van der Waals surface area contributed by atoms with Gasteiger partial charge in [-0.2, -0.15) is 0 Å². The van der Waals surface area contributed by atoms with E-state index in [1.165, 1.54) is 25.2 Å². The van der Waals surface area contributed by atoms with Crippen LogP contribution in [-0.2, 0) is 23.9 Å². The summed E-state index contributed by atoms with van der Waals surface area (Å²) in [5.41, 5.74) is 0.979. The average molecular weight is 405 g/mol. The highest BCUT2D eigenvalue weighted by Crippen LogP contribution is 2.32. The Morgan fingerprint density at radius 1 is 1.11 bits per heavy atom. The minimum Gasteiger partial charge on any atom is -0.465 e. The lowest BCUT2D eigenvalue weighted by molar-refractivity contribution is -0.139. The fraction of sp³-hybridized carbons (Fsp3) is 0.250. The van der Waals surface area contributed by atoms with Gasteiger partial charge in [0.15, 0.2) is 0 Å². The van der Waals surface area contributed by atoms with Crippen molar-refractivity contribution in [1.29, 1.82) is 0 Å². The Balaban J connectivity index is 2.49. The molecule has 1 aliphatic rings. The first kappa shape index (κ1) is 21.2. The van der Waals surface area contributed by atoms with Gasteiger partial charge < -0.3 is 19.7 Å². The van der Waals surface area contributed by atoms with Crippen LogP contribution >= 0.6 is 11.6 Å². The number of nitrogens with one attached hydrogen (secondary N) is 1. The molecule has 0 saturated heterocycles. The molecule has 0 spiro atoms. The van der Waals surface area contributed by atoms with E-state index in [9.17, 15) is 14.4 Å². The van der Waals surface area contributed by atoms with E-state index < -0.39 is 11.9 Å². The smallest absolute Gasteiger partial charge is 0.355 e. The molecule has 1 aromatic rings. The Morgan fingerprint density at radius 2 is 1.82 bits per heavy atom. The first-order chi connectivity index (χ1) is 13.4. The molecule has 0 aromatic heterocycles. The van der Waals surface area contributed by atoms with Gasteiger partial charge in [0.2, 0.25) is 5.91 Å². The molecular formula is C20H21ClN2O5. The number of halogens is 1. The van der Waals surface area contributed by atoms with E-state index in [0.29, 0.717) is 17.8 Å². The average Bonchev–Trinajstić information content (AvgIpc) is 2.91. The van der Waals surface area contributed by atoms with Gasteiger partial charge in [-0.15, -0.1) is 0 Å². The van der Waals surface area contributed by atoms with Gasteiger partial charge in [-0.25, -0.2) is 9.59 Å². The van der Waals surface area contributed by atoms with Gasteiger partial charge in [0.05, 0.1) is 30.5 Å². The number of nitrogens with zero attached hydrogens (tertiary/aromatic N) is 1. The van der Waals surface area contributed by atoms with Crippen LogP contribution in [0.1, 0.15) is 19.8 Å². The minimum absolute atomic E-state index is 0.0156. The Labute approximate surface area is 168 Å². The summed E-state index contributed by atoms with van der Waals surface area (Å²) in [4.78, 5) is 37.9. The molecule has 1 heterocycles. The number of benzene rings is 1. The Bertz CT molecular complexity index is 873. The third kappa shape index (κ3) is 4.80. The van der Waals surface area contributed by atoms with Crippen molar-refractivity contribution < 1.29 is 23.9 Å². The highest BCUT2D eigenvalue weighted by atomic mass is 35.5. The van der Waals surface area contributed by atoms with Crippen molar-refractivity contribution in [1.82, 2.24) is 0 Å². The van der Waals surface area contributed by atoms with Crippen molar-refractivity contribution in [2.75, 3.05) is 24.4 Å². The van der Waals surface area contributed by atoms with Gasteiger partial charge in [-0.1, -0.05) is 24.6 Å². The number of esters is 2. The third-order valence-corrected chi connectivity index (χ3v) is 4.18. The predicted octanol–water partition coefficient (Wildman–Crippen LogP) is 3.57. The number of carbonyl (C=O) groups is 3. The second kappa shape index (κ2) is 9.75. The predicted molar refractivity (Wildman–Crippen MR) is 107 cm³/mol. The van der Waals surface area contributed by atoms with Crippen molar-refractivity contribution in [2.24, 2.45) is 0 Å². The number of methoxy groups -OCH3 is 2. The quantitative estimate of drug-likeness (QED) is 0.729. The summed E-state index contributed by atoms with van der Waals surface area (Å²) in [6.45, 7) is 1.91. The Morgan fingerprint density at radius 3 is 2.43 bits per heavy atom. The molecule has 0 fully saturated rings. The lowest BCUT2D eigenvalue weighted by Crippen LogP contribution is -2.27. The SMILES string of the molecule is CCCC(=O)Nc1ccc(N2C=CC=CC(C(=O)OC)=C2C(=O)OC)cc1Cl. The van der Waals surface area contributed by atoms with Crippen molar-refractivity contribution in [2.45, 2.75) is 19.8 Å². The second-order valence-corrected chi connectivity index (χ2v) is 6.19. The molecule has 1 aromatic carbocycles. The molecule has 0 aliphatic carbocycles. The molecule has 1 aliphatic heterocycles. The number of hydrogen-bond donors (Lipinski definition) is 1. The van der Waals surface area contributed by atoms with Crippen LogP contribution in [-0.4, -0.2) is 32.1 Å². The van der Waals surface area contributed by atoms with E-state index in [1.807, 2.05) is 6.92 Å². The van der Waals surface area contributed by atoms with Crippen LogP contribution in [0, 0.1) is 0 Å². The maximum absolute atomic E-state index is 12.4. The van der Waals surface area contributed by atoms with Crippen molar-refractivity contribution >= 4 is 40.8 Å². The Kier molecular flexibility index (Phi) is 7.40. The molecule has 0 unspecified atom stereocenters. The van der Waals surface area contributed by atoms with Gasteiger partial charge >= 0.3 is 11.9 Å². The van der Waals surface area contributed by atoms with Gasteiger partial charge in [0.25, 0.3) is 0 Å². The van der Waals surface area contributed by atoms with Crippen molar-refractivity contribution in [3.63, 3.8) is 0 Å². The van der Waals surface area contributed by atoms with E-state index in [-0.39, 0.29) is 22.2 Å². The van der Waals surface area contributed by atoms with Gasteiger partial charge in [0.1, 0.15) is 5.70 Å². The number of ether oxygens (including phenoxy) is 2. The van der Waals surface area contributed by atoms with Crippen LogP contribution < -0.4 is 10.2 Å². The van der Waals surface area contributed by atoms with E-state index in [2.05, 4.69) is 5.32 Å². The first-order valence-corrected chi connectivity index (χ1v) is 8.95. The molecule has 0 radical (unpaired) electrons. The molecule has 1 amide bonds. The fourth-order valence-electron chi connectivity index (χ4n) is 2.56. The zero-order valence-corrected chi connectivity index (χ0v) is 16.6. The molecule has 7 nitrogen and oxygen atoms in total. The third-order valence-electron chi connectivity index (χ3n) is 3.87. The van der Waals surface area contributed by atoms with E-state index in [4.69, 9.17) is 21.1 Å². The molecular weight excluding hydrogens is 384 g/mol. The van der Waals surface area contributed by atoms with Crippen LogP contribution in [0.25, 0.3) is 0 Å². The van der Waals surface area contributed by atoms with E-state index >= 15 is 0 Å². The molecule has 0 bridgehead atoms. The summed E-state index contributed by atoms with van der Waals surface area (Å²) >= 11 is 6.32. The first-order valence-electron chi connectivity index (χ1n) is 8.57. The highest BCUT2D eigenvalue weighted by molar-refractivity contribution is 6.34. The molecule has 28 heavy (non-hydrogen) atoms. The van der Waals surface area contributed by atoms with E-state index in [0.717, 1.165) is 6.42 Å². The topological polar surface area (TPSA) is 84.9 Å². The molecule has 1 N–H and O–H groups in total. The molecule has 2 rings (SSSR count). The van der Waals surface area contributed by atoms with Crippen LogP contribution in [0.3, 0.4) is 0 Å². The molecule has 0 atom stereocenters. The lowest BCUT2D eigenvalue weighted by Gasteiger charge is -2.23. The van der Waals surface area contributed by atoms with Crippen molar-refractivity contribution in [3.8, 4) is 0 Å². The summed E-state index contributed by atoms with van der Waals surface area (Å²) < 4.78 is 9.63. The standard InChI is InChI=1S/C20H21ClN2O5/c1-4-7-17(24)22-16-10-9-13(12-15(16)21)23-11-6-5-8-14(19(25)27-2)18(23)20(26)28-3/h5-6,8-12H,4,7H2,1-3H3,(H,22,24). The summed E-state index contributed by atoms with van der Waals surface area (Å²) in [6, 6.07) is 4.88. The minimum atomic E-state index is -0.715. The molecule has 148 valence electrons. The summed E-state index contributed by atoms with van der Waals surface area (Å²) in [7, 11) is 2.45.